The summed E-state index contributed by atoms with van der Waals surface area (Å²) in [6.45, 7) is 3.97. The molecule has 0 aliphatic heterocycles. The van der Waals surface area contributed by atoms with Gasteiger partial charge >= 0.3 is 0 Å². The molecule has 0 saturated heterocycles. The molecule has 2 aromatic rings. The molecule has 0 bridgehead atoms. The fourth-order valence-electron chi connectivity index (χ4n) is 2.33. The molecule has 0 N–H and O–H groups in total. The molecule has 0 aliphatic rings. The molecule has 0 amide bonds. The van der Waals surface area contributed by atoms with Gasteiger partial charge in [0.05, 0.1) is 17.6 Å². The predicted molar refractivity (Wildman–Crippen MR) is 107 cm³/mol. The van der Waals surface area contributed by atoms with Crippen molar-refractivity contribution < 1.29 is 12.8 Å². The van der Waals surface area contributed by atoms with Crippen LogP contribution in [0.15, 0.2) is 29.7 Å². The average molecular weight is 396 g/mol. The molecule has 140 valence electrons. The normalized spacial score (nSPS) is 12.1. The maximum atomic E-state index is 13.3. The maximum Gasteiger partial charge on any atom is 0.239 e. The van der Waals surface area contributed by atoms with Crippen molar-refractivity contribution in [3.8, 4) is 11.3 Å². The number of anilines is 1. The Balaban J connectivity index is 2.81. The minimum absolute atomic E-state index is 0.0467. The van der Waals surface area contributed by atoms with Crippen molar-refractivity contribution in [2.75, 3.05) is 23.9 Å². The summed E-state index contributed by atoms with van der Waals surface area (Å²) >= 11 is 1.54. The number of rotatable bonds is 6. The first-order chi connectivity index (χ1) is 12.1. The van der Waals surface area contributed by atoms with Crippen LogP contribution in [0.25, 0.3) is 17.3 Å². The third-order valence-electron chi connectivity index (χ3n) is 3.78. The van der Waals surface area contributed by atoms with E-state index < -0.39 is 10.0 Å². The van der Waals surface area contributed by atoms with E-state index in [1.54, 1.807) is 12.1 Å². The minimum Gasteiger partial charge on any atom is -0.241 e. The third kappa shape index (κ3) is 4.62. The van der Waals surface area contributed by atoms with E-state index in [-0.39, 0.29) is 17.7 Å². The highest BCUT2D eigenvalue weighted by atomic mass is 32.2. The highest BCUT2D eigenvalue weighted by Gasteiger charge is 2.21. The van der Waals surface area contributed by atoms with Gasteiger partial charge in [0.15, 0.2) is 0 Å². The van der Waals surface area contributed by atoms with Crippen LogP contribution in [0.2, 0.25) is 0 Å². The first-order valence-electron chi connectivity index (χ1n) is 7.96. The zero-order chi connectivity index (χ0) is 19.5. The Bertz CT molecular complexity index is 911. The largest absolute Gasteiger partial charge is 0.241 e. The van der Waals surface area contributed by atoms with Gasteiger partial charge in [0.25, 0.3) is 0 Å². The molecule has 0 fully saturated rings. The van der Waals surface area contributed by atoms with Crippen molar-refractivity contribution in [2.45, 2.75) is 19.8 Å². The summed E-state index contributed by atoms with van der Waals surface area (Å²) in [5, 5.41) is 1.91. The van der Waals surface area contributed by atoms with E-state index >= 15 is 0 Å². The molecule has 0 radical (unpaired) electrons. The quantitative estimate of drug-likeness (QED) is 0.736. The molecule has 5 nitrogen and oxygen atoms in total. The number of aromatic nitrogens is 2. The molecular formula is C18H22FN3O2S2. The molecule has 0 aliphatic carbocycles. The van der Waals surface area contributed by atoms with Gasteiger partial charge in [-0.05, 0) is 47.9 Å². The third-order valence-corrected chi connectivity index (χ3v) is 5.34. The van der Waals surface area contributed by atoms with Crippen LogP contribution in [0.4, 0.5) is 10.3 Å². The molecule has 1 aromatic carbocycles. The first kappa shape index (κ1) is 20.4. The van der Waals surface area contributed by atoms with Crippen LogP contribution < -0.4 is 4.31 Å². The molecule has 0 atom stereocenters. The van der Waals surface area contributed by atoms with E-state index in [1.807, 2.05) is 31.6 Å². The van der Waals surface area contributed by atoms with Crippen LogP contribution in [-0.4, -0.2) is 37.9 Å². The van der Waals surface area contributed by atoms with Crippen molar-refractivity contribution in [1.29, 1.82) is 0 Å². The number of halogens is 1. The summed E-state index contributed by atoms with van der Waals surface area (Å²) in [5.74, 6) is -0.205. The molecule has 2 rings (SSSR count). The van der Waals surface area contributed by atoms with Crippen molar-refractivity contribution in [1.82, 2.24) is 9.97 Å². The number of hydrogen-bond donors (Lipinski definition) is 0. The standard InChI is InChI=1S/C18H22FN3O2S2/c1-12(2)16-15(10-11-25-4)17(13-6-8-14(19)9-7-13)21-18(20-16)22(3)26(5,23)24/h6-12H,1-5H3/b11-10+. The van der Waals surface area contributed by atoms with Gasteiger partial charge in [0.2, 0.25) is 16.0 Å². The Morgan fingerprint density at radius 1 is 1.19 bits per heavy atom. The molecule has 8 heteroatoms. The Morgan fingerprint density at radius 2 is 1.81 bits per heavy atom. The SMILES string of the molecule is CS/C=C/c1c(-c2ccc(F)cc2)nc(N(C)S(C)(=O)=O)nc1C(C)C. The van der Waals surface area contributed by atoms with Crippen molar-refractivity contribution in [2.24, 2.45) is 0 Å². The van der Waals surface area contributed by atoms with E-state index in [2.05, 4.69) is 9.97 Å². The van der Waals surface area contributed by atoms with Gasteiger partial charge in [0, 0.05) is 18.2 Å². The summed E-state index contributed by atoms with van der Waals surface area (Å²) in [6.07, 6.45) is 4.95. The van der Waals surface area contributed by atoms with Crippen LogP contribution in [0, 0.1) is 5.82 Å². The fraction of sp³-hybridized carbons (Fsp3) is 0.333. The Kier molecular flexibility index (Phi) is 6.41. The molecule has 0 unspecified atom stereocenters. The van der Waals surface area contributed by atoms with Gasteiger partial charge in [-0.15, -0.1) is 11.8 Å². The molecule has 0 spiro atoms. The first-order valence-corrected chi connectivity index (χ1v) is 11.1. The van der Waals surface area contributed by atoms with Crippen LogP contribution in [0.5, 0.6) is 0 Å². The molecule has 0 saturated carbocycles. The van der Waals surface area contributed by atoms with Crippen LogP contribution in [0.3, 0.4) is 0 Å². The summed E-state index contributed by atoms with van der Waals surface area (Å²) in [5.41, 5.74) is 2.79. The topological polar surface area (TPSA) is 63.2 Å². The van der Waals surface area contributed by atoms with Gasteiger partial charge in [-0.1, -0.05) is 13.8 Å². The number of sulfonamides is 1. The van der Waals surface area contributed by atoms with Crippen LogP contribution in [0.1, 0.15) is 31.0 Å². The number of hydrogen-bond acceptors (Lipinski definition) is 5. The second kappa shape index (κ2) is 8.18. The van der Waals surface area contributed by atoms with Crippen LogP contribution >= 0.6 is 11.8 Å². The van der Waals surface area contributed by atoms with Gasteiger partial charge in [-0.3, -0.25) is 0 Å². The summed E-state index contributed by atoms with van der Waals surface area (Å²) in [7, 11) is -2.09. The lowest BCUT2D eigenvalue weighted by atomic mass is 9.98. The molecule has 1 aromatic heterocycles. The highest BCUT2D eigenvalue weighted by molar-refractivity contribution is 8.01. The number of thioether (sulfide) groups is 1. The lowest BCUT2D eigenvalue weighted by Gasteiger charge is -2.20. The van der Waals surface area contributed by atoms with Crippen LogP contribution in [-0.2, 0) is 10.0 Å². The fourth-order valence-corrected chi connectivity index (χ4v) is 2.98. The van der Waals surface area contributed by atoms with E-state index in [1.165, 1.54) is 30.9 Å². The summed E-state index contributed by atoms with van der Waals surface area (Å²) in [4.78, 5) is 8.98. The monoisotopic (exact) mass is 395 g/mol. The molecular weight excluding hydrogens is 373 g/mol. The lowest BCUT2D eigenvalue weighted by molar-refractivity contribution is 0.599. The van der Waals surface area contributed by atoms with E-state index in [4.69, 9.17) is 0 Å². The number of benzene rings is 1. The molecule has 1 heterocycles. The second-order valence-corrected chi connectivity index (χ2v) is 8.86. The van der Waals surface area contributed by atoms with E-state index in [9.17, 15) is 12.8 Å². The van der Waals surface area contributed by atoms with Crippen molar-refractivity contribution in [3.05, 3.63) is 46.7 Å². The lowest BCUT2D eigenvalue weighted by Crippen LogP contribution is -2.27. The Hall–Kier alpha value is -1.93. The van der Waals surface area contributed by atoms with E-state index in [0.717, 1.165) is 21.8 Å². The number of nitrogens with zero attached hydrogens (tertiary/aromatic N) is 3. The summed E-state index contributed by atoms with van der Waals surface area (Å²) < 4.78 is 38.3. The van der Waals surface area contributed by atoms with Crippen molar-refractivity contribution >= 4 is 33.8 Å². The Labute approximate surface area is 158 Å². The van der Waals surface area contributed by atoms with Crippen molar-refractivity contribution in [3.63, 3.8) is 0 Å². The van der Waals surface area contributed by atoms with Gasteiger partial charge in [-0.2, -0.15) is 0 Å². The second-order valence-electron chi connectivity index (χ2n) is 6.10. The predicted octanol–water partition coefficient (Wildman–Crippen LogP) is 4.14. The average Bonchev–Trinajstić information content (AvgIpc) is 2.58. The van der Waals surface area contributed by atoms with Gasteiger partial charge < -0.3 is 0 Å². The smallest absolute Gasteiger partial charge is 0.239 e. The highest BCUT2D eigenvalue weighted by Crippen LogP contribution is 2.31. The zero-order valence-corrected chi connectivity index (χ0v) is 17.0. The summed E-state index contributed by atoms with van der Waals surface area (Å²) in [6, 6.07) is 5.97. The Morgan fingerprint density at radius 3 is 2.31 bits per heavy atom. The maximum absolute atomic E-state index is 13.3. The van der Waals surface area contributed by atoms with Gasteiger partial charge in [-0.25, -0.2) is 27.1 Å². The molecule has 26 heavy (non-hydrogen) atoms. The minimum atomic E-state index is -3.51. The zero-order valence-electron chi connectivity index (χ0n) is 15.4. The van der Waals surface area contributed by atoms with E-state index in [0.29, 0.717) is 11.3 Å². The van der Waals surface area contributed by atoms with Gasteiger partial charge in [0.1, 0.15) is 5.82 Å².